The molecule has 0 saturated heterocycles. The molecule has 0 aliphatic rings. The van der Waals surface area contributed by atoms with Crippen LogP contribution in [0.25, 0.3) is 0 Å². The van der Waals surface area contributed by atoms with Crippen molar-refractivity contribution in [2.24, 2.45) is 7.05 Å². The highest BCUT2D eigenvalue weighted by molar-refractivity contribution is 5.66. The standard InChI is InChI=1S/C9H16N4O2/c1-13-7-11-8(12-13)4-6-10-5-2-3-9(14)15/h7,10H,2-6H2,1H3,(H,14,15). The first-order valence-corrected chi connectivity index (χ1v) is 4.95. The van der Waals surface area contributed by atoms with Crippen molar-refractivity contribution in [1.29, 1.82) is 0 Å². The third-order valence-electron chi connectivity index (χ3n) is 1.92. The van der Waals surface area contributed by atoms with Crippen LogP contribution >= 0.6 is 0 Å². The number of nitrogens with one attached hydrogen (secondary N) is 1. The van der Waals surface area contributed by atoms with Crippen LogP contribution < -0.4 is 5.32 Å². The smallest absolute Gasteiger partial charge is 0.303 e. The van der Waals surface area contributed by atoms with Crippen molar-refractivity contribution < 1.29 is 9.90 Å². The molecule has 0 spiro atoms. The lowest BCUT2D eigenvalue weighted by Gasteiger charge is -2.00. The number of carbonyl (C=O) groups is 1. The van der Waals surface area contributed by atoms with Gasteiger partial charge in [0.1, 0.15) is 6.33 Å². The SMILES string of the molecule is Cn1cnc(CCNCCCC(=O)O)n1. The number of rotatable bonds is 7. The number of hydrogen-bond donors (Lipinski definition) is 2. The molecule has 84 valence electrons. The summed E-state index contributed by atoms with van der Waals surface area (Å²) in [6.07, 6.45) is 3.31. The van der Waals surface area contributed by atoms with Crippen LogP contribution in [0.4, 0.5) is 0 Å². The molecule has 0 radical (unpaired) electrons. The topological polar surface area (TPSA) is 80.0 Å². The van der Waals surface area contributed by atoms with Crippen molar-refractivity contribution in [2.45, 2.75) is 19.3 Å². The third kappa shape index (κ3) is 5.11. The summed E-state index contributed by atoms with van der Waals surface area (Å²) in [5, 5.41) is 15.7. The Kier molecular flexibility index (Phi) is 4.76. The lowest BCUT2D eigenvalue weighted by atomic mass is 10.3. The van der Waals surface area contributed by atoms with Gasteiger partial charge in [0, 0.05) is 26.4 Å². The van der Waals surface area contributed by atoms with Crippen LogP contribution in [0.1, 0.15) is 18.7 Å². The number of aryl methyl sites for hydroxylation is 1. The highest BCUT2D eigenvalue weighted by Gasteiger charge is 1.98. The van der Waals surface area contributed by atoms with Crippen LogP contribution in [0.5, 0.6) is 0 Å². The monoisotopic (exact) mass is 212 g/mol. The quantitative estimate of drug-likeness (QED) is 0.612. The maximum atomic E-state index is 10.2. The number of hydrogen-bond acceptors (Lipinski definition) is 4. The zero-order valence-electron chi connectivity index (χ0n) is 8.81. The summed E-state index contributed by atoms with van der Waals surface area (Å²) < 4.78 is 1.67. The molecule has 0 amide bonds. The first-order valence-electron chi connectivity index (χ1n) is 4.95. The fourth-order valence-electron chi connectivity index (χ4n) is 1.19. The first kappa shape index (κ1) is 11.6. The summed E-state index contributed by atoms with van der Waals surface area (Å²) in [6, 6.07) is 0. The van der Waals surface area contributed by atoms with Gasteiger partial charge >= 0.3 is 5.97 Å². The van der Waals surface area contributed by atoms with Crippen molar-refractivity contribution in [3.8, 4) is 0 Å². The summed E-state index contributed by atoms with van der Waals surface area (Å²) in [4.78, 5) is 14.3. The number of nitrogens with zero attached hydrogens (tertiary/aromatic N) is 3. The Morgan fingerprint density at radius 3 is 3.00 bits per heavy atom. The Labute approximate surface area is 88.3 Å². The van der Waals surface area contributed by atoms with E-state index in [9.17, 15) is 4.79 Å². The van der Waals surface area contributed by atoms with Crippen LogP contribution in [0.2, 0.25) is 0 Å². The Morgan fingerprint density at radius 1 is 1.60 bits per heavy atom. The largest absolute Gasteiger partial charge is 0.481 e. The van der Waals surface area contributed by atoms with Gasteiger partial charge in [0.15, 0.2) is 5.82 Å². The number of carboxylic acid groups (broad SMARTS) is 1. The van der Waals surface area contributed by atoms with Gasteiger partial charge in [-0.2, -0.15) is 5.10 Å². The fourth-order valence-corrected chi connectivity index (χ4v) is 1.19. The maximum absolute atomic E-state index is 10.2. The van der Waals surface area contributed by atoms with Gasteiger partial charge in [-0.3, -0.25) is 9.48 Å². The molecule has 1 aromatic heterocycles. The van der Waals surface area contributed by atoms with E-state index in [0.717, 1.165) is 25.3 Å². The molecular formula is C9H16N4O2. The van der Waals surface area contributed by atoms with E-state index < -0.39 is 5.97 Å². The highest BCUT2D eigenvalue weighted by atomic mass is 16.4. The lowest BCUT2D eigenvalue weighted by Crippen LogP contribution is -2.19. The first-order chi connectivity index (χ1) is 7.18. The van der Waals surface area contributed by atoms with Crippen molar-refractivity contribution >= 4 is 5.97 Å². The molecule has 0 fully saturated rings. The molecule has 15 heavy (non-hydrogen) atoms. The van der Waals surface area contributed by atoms with E-state index >= 15 is 0 Å². The molecule has 6 nitrogen and oxygen atoms in total. The molecule has 2 N–H and O–H groups in total. The fraction of sp³-hybridized carbons (Fsp3) is 0.667. The van der Waals surface area contributed by atoms with E-state index in [1.54, 1.807) is 11.0 Å². The molecule has 0 unspecified atom stereocenters. The van der Waals surface area contributed by atoms with Gasteiger partial charge in [0.05, 0.1) is 0 Å². The van der Waals surface area contributed by atoms with Crippen molar-refractivity contribution in [2.75, 3.05) is 13.1 Å². The minimum Gasteiger partial charge on any atom is -0.481 e. The van der Waals surface area contributed by atoms with Crippen molar-refractivity contribution in [3.63, 3.8) is 0 Å². The third-order valence-corrected chi connectivity index (χ3v) is 1.92. The molecule has 6 heteroatoms. The second-order valence-electron chi connectivity index (χ2n) is 3.33. The predicted molar refractivity (Wildman–Crippen MR) is 54.4 cm³/mol. The minimum absolute atomic E-state index is 0.217. The van der Waals surface area contributed by atoms with E-state index in [4.69, 9.17) is 5.11 Å². The van der Waals surface area contributed by atoms with Crippen molar-refractivity contribution in [1.82, 2.24) is 20.1 Å². The van der Waals surface area contributed by atoms with Crippen LogP contribution in [0, 0.1) is 0 Å². The number of aliphatic carboxylic acids is 1. The minimum atomic E-state index is -0.747. The molecule has 0 bridgehead atoms. The van der Waals surface area contributed by atoms with E-state index in [0.29, 0.717) is 6.42 Å². The predicted octanol–water partition coefficient (Wildman–Crippen LogP) is -0.188. The number of aromatic nitrogens is 3. The molecular weight excluding hydrogens is 196 g/mol. The van der Waals surface area contributed by atoms with Gasteiger partial charge in [-0.1, -0.05) is 0 Å². The highest BCUT2D eigenvalue weighted by Crippen LogP contribution is 1.89. The average Bonchev–Trinajstić information content (AvgIpc) is 2.57. The number of carboxylic acids is 1. The van der Waals surface area contributed by atoms with Crippen LogP contribution in [-0.2, 0) is 18.3 Å². The molecule has 1 heterocycles. The van der Waals surface area contributed by atoms with Gasteiger partial charge in [-0.25, -0.2) is 4.98 Å². The average molecular weight is 212 g/mol. The molecule has 0 saturated carbocycles. The van der Waals surface area contributed by atoms with Gasteiger partial charge < -0.3 is 10.4 Å². The summed E-state index contributed by atoms with van der Waals surface area (Å²) in [5.41, 5.74) is 0. The summed E-state index contributed by atoms with van der Waals surface area (Å²) in [5.74, 6) is 0.0615. The van der Waals surface area contributed by atoms with Gasteiger partial charge in [-0.05, 0) is 13.0 Å². The van der Waals surface area contributed by atoms with Crippen molar-refractivity contribution in [3.05, 3.63) is 12.2 Å². The van der Waals surface area contributed by atoms with E-state index in [1.165, 1.54) is 0 Å². The van der Waals surface area contributed by atoms with E-state index in [2.05, 4.69) is 15.4 Å². The van der Waals surface area contributed by atoms with Crippen LogP contribution in [0.15, 0.2) is 6.33 Å². The van der Waals surface area contributed by atoms with Gasteiger partial charge in [-0.15, -0.1) is 0 Å². The van der Waals surface area contributed by atoms with Gasteiger partial charge in [0.25, 0.3) is 0 Å². The maximum Gasteiger partial charge on any atom is 0.303 e. The Morgan fingerprint density at radius 2 is 2.40 bits per heavy atom. The normalized spacial score (nSPS) is 10.5. The molecule has 0 aliphatic carbocycles. The van der Waals surface area contributed by atoms with Crippen LogP contribution in [-0.4, -0.2) is 38.9 Å². The Hall–Kier alpha value is -1.43. The molecule has 0 aliphatic heterocycles. The summed E-state index contributed by atoms with van der Waals surface area (Å²) >= 11 is 0. The lowest BCUT2D eigenvalue weighted by molar-refractivity contribution is -0.137. The second-order valence-corrected chi connectivity index (χ2v) is 3.33. The molecule has 1 aromatic rings. The van der Waals surface area contributed by atoms with E-state index in [1.807, 2.05) is 7.05 Å². The Bertz CT molecular complexity index is 311. The van der Waals surface area contributed by atoms with Gasteiger partial charge in [0.2, 0.25) is 0 Å². The summed E-state index contributed by atoms with van der Waals surface area (Å²) in [7, 11) is 1.83. The zero-order chi connectivity index (χ0) is 11.1. The second kappa shape index (κ2) is 6.13. The molecule has 0 aromatic carbocycles. The molecule has 0 atom stereocenters. The summed E-state index contributed by atoms with van der Waals surface area (Å²) in [6.45, 7) is 1.50. The molecule has 1 rings (SSSR count). The van der Waals surface area contributed by atoms with E-state index in [-0.39, 0.29) is 6.42 Å². The Balaban J connectivity index is 2.00. The zero-order valence-corrected chi connectivity index (χ0v) is 8.81. The van der Waals surface area contributed by atoms with Crippen LogP contribution in [0.3, 0.4) is 0 Å².